The van der Waals surface area contributed by atoms with Crippen LogP contribution in [0.15, 0.2) is 29.8 Å². The van der Waals surface area contributed by atoms with Crippen molar-refractivity contribution in [1.29, 1.82) is 0 Å². The zero-order chi connectivity index (χ0) is 27.8. The zero-order valence-corrected chi connectivity index (χ0v) is 23.0. The van der Waals surface area contributed by atoms with Crippen LogP contribution in [0.1, 0.15) is 57.3 Å². The number of halogens is 1. The molecule has 2 aliphatic rings. The minimum absolute atomic E-state index is 0.0519. The number of rotatable bonds is 8. The second-order valence-corrected chi connectivity index (χ2v) is 12.2. The molecule has 5 N–H and O–H groups in total. The van der Waals surface area contributed by atoms with Crippen molar-refractivity contribution in [3.8, 4) is 10.4 Å². The maximum absolute atomic E-state index is 14.4. The third-order valence-corrected chi connectivity index (χ3v) is 8.20. The highest BCUT2D eigenvalue weighted by atomic mass is 32.1. The molecule has 38 heavy (non-hydrogen) atoms. The summed E-state index contributed by atoms with van der Waals surface area (Å²) in [5.74, 6) is -1.79. The summed E-state index contributed by atoms with van der Waals surface area (Å²) in [7, 11) is 0. The molecule has 3 amide bonds. The van der Waals surface area contributed by atoms with Gasteiger partial charge in [0.25, 0.3) is 5.91 Å². The fourth-order valence-corrected chi connectivity index (χ4v) is 5.52. The second kappa shape index (κ2) is 10.7. The zero-order valence-electron chi connectivity index (χ0n) is 22.2. The van der Waals surface area contributed by atoms with Crippen LogP contribution in [-0.4, -0.2) is 69.7 Å². The molecule has 1 aliphatic heterocycles. The fourth-order valence-electron chi connectivity index (χ4n) is 4.71. The Labute approximate surface area is 226 Å². The average molecular weight is 546 g/mol. The van der Waals surface area contributed by atoms with Crippen LogP contribution >= 0.6 is 11.3 Å². The number of thiazole rings is 1. The van der Waals surface area contributed by atoms with Crippen LogP contribution < -0.4 is 16.4 Å². The second-order valence-electron chi connectivity index (χ2n) is 11.3. The average Bonchev–Trinajstić information content (AvgIpc) is 3.28. The van der Waals surface area contributed by atoms with Gasteiger partial charge in [-0.1, -0.05) is 45.0 Å². The molecule has 1 saturated carbocycles. The number of nitrogens with two attached hydrogens (primary N) is 1. The highest BCUT2D eigenvalue weighted by Gasteiger charge is 2.53. The van der Waals surface area contributed by atoms with E-state index in [-0.39, 0.29) is 32.4 Å². The molecule has 0 unspecified atom stereocenters. The van der Waals surface area contributed by atoms with E-state index < -0.39 is 53.0 Å². The van der Waals surface area contributed by atoms with Gasteiger partial charge in [0.2, 0.25) is 11.8 Å². The molecule has 206 valence electrons. The van der Waals surface area contributed by atoms with Gasteiger partial charge < -0.3 is 26.4 Å². The molecule has 2 fully saturated rings. The monoisotopic (exact) mass is 545 g/mol. The minimum Gasteiger partial charge on any atom is -0.391 e. The highest BCUT2D eigenvalue weighted by Crippen LogP contribution is 2.40. The third kappa shape index (κ3) is 5.89. The Hall–Kier alpha value is -2.89. The number of carbonyl (C=O) groups excluding carboxylic acids is 3. The van der Waals surface area contributed by atoms with Crippen molar-refractivity contribution in [1.82, 2.24) is 20.5 Å². The number of alkyl halides is 1. The smallest absolute Gasteiger partial charge is 0.258 e. The first-order valence-electron chi connectivity index (χ1n) is 12.8. The molecule has 0 radical (unpaired) electrons. The van der Waals surface area contributed by atoms with Crippen LogP contribution in [0.3, 0.4) is 0 Å². The topological polar surface area (TPSA) is 138 Å². The van der Waals surface area contributed by atoms with Gasteiger partial charge in [-0.3, -0.25) is 14.4 Å². The van der Waals surface area contributed by atoms with Gasteiger partial charge >= 0.3 is 0 Å². The van der Waals surface area contributed by atoms with Gasteiger partial charge in [-0.25, -0.2) is 9.37 Å². The Morgan fingerprint density at radius 1 is 1.24 bits per heavy atom. The number of nitrogens with one attached hydrogen (secondary N) is 2. The number of hydrogen-bond acceptors (Lipinski definition) is 7. The van der Waals surface area contributed by atoms with Crippen LogP contribution in [0.25, 0.3) is 10.4 Å². The number of carbonyl (C=O) groups is 3. The quantitative estimate of drug-likeness (QED) is 0.402. The number of benzene rings is 1. The molecule has 1 aromatic carbocycles. The Bertz CT molecular complexity index is 1190. The Morgan fingerprint density at radius 3 is 2.42 bits per heavy atom. The van der Waals surface area contributed by atoms with Crippen molar-refractivity contribution in [3.05, 3.63) is 41.0 Å². The first-order chi connectivity index (χ1) is 17.8. The molecule has 0 spiro atoms. The third-order valence-electron chi connectivity index (χ3n) is 7.22. The van der Waals surface area contributed by atoms with E-state index in [1.807, 2.05) is 31.2 Å². The van der Waals surface area contributed by atoms with Gasteiger partial charge in [0.1, 0.15) is 12.1 Å². The SMILES string of the molecule is Cc1ncsc1-c1ccc([C@H](CN)NC(=O)[C@@H]2C[C@@H](O)CN2C(=O)[C@H](NC(=O)C2(F)CC2)C(C)(C)C)cc1. The van der Waals surface area contributed by atoms with Crippen LogP contribution in [0, 0.1) is 12.3 Å². The number of aryl methyl sites for hydroxylation is 1. The number of β-amino-alcohol motifs (C(OH)–C–C–N with tert-alkyl or cyclic N) is 1. The van der Waals surface area contributed by atoms with Gasteiger partial charge in [0.15, 0.2) is 5.67 Å². The molecule has 4 rings (SSSR count). The lowest BCUT2D eigenvalue weighted by Gasteiger charge is -2.36. The number of likely N-dealkylation sites (tertiary alicyclic amines) is 1. The lowest BCUT2D eigenvalue weighted by Crippen LogP contribution is -2.59. The summed E-state index contributed by atoms with van der Waals surface area (Å²) in [4.78, 5) is 46.1. The summed E-state index contributed by atoms with van der Waals surface area (Å²) < 4.78 is 14.4. The van der Waals surface area contributed by atoms with Crippen LogP contribution in [0.2, 0.25) is 0 Å². The van der Waals surface area contributed by atoms with E-state index in [4.69, 9.17) is 5.73 Å². The van der Waals surface area contributed by atoms with E-state index in [1.54, 1.807) is 37.6 Å². The molecule has 1 aliphatic carbocycles. The summed E-state index contributed by atoms with van der Waals surface area (Å²) in [5, 5.41) is 15.9. The molecule has 1 aromatic heterocycles. The van der Waals surface area contributed by atoms with Gasteiger partial charge in [-0.05, 0) is 36.3 Å². The van der Waals surface area contributed by atoms with Crippen LogP contribution in [0.5, 0.6) is 0 Å². The molecule has 0 bridgehead atoms. The van der Waals surface area contributed by atoms with Crippen LogP contribution in [0.4, 0.5) is 4.39 Å². The minimum atomic E-state index is -1.94. The summed E-state index contributed by atoms with van der Waals surface area (Å²) in [6.07, 6.45) is -0.595. The lowest BCUT2D eigenvalue weighted by atomic mass is 9.85. The van der Waals surface area contributed by atoms with Gasteiger partial charge in [-0.2, -0.15) is 0 Å². The Morgan fingerprint density at radius 2 is 1.89 bits per heavy atom. The molecule has 2 heterocycles. The van der Waals surface area contributed by atoms with E-state index in [2.05, 4.69) is 15.6 Å². The first kappa shape index (κ1) is 28.1. The van der Waals surface area contributed by atoms with Gasteiger partial charge in [0.05, 0.1) is 28.2 Å². The van der Waals surface area contributed by atoms with E-state index >= 15 is 0 Å². The van der Waals surface area contributed by atoms with Crippen molar-refractivity contribution in [2.45, 2.75) is 76.9 Å². The Kier molecular flexibility index (Phi) is 7.92. The number of hydrogen-bond donors (Lipinski definition) is 4. The number of aliphatic hydroxyl groups is 1. The van der Waals surface area contributed by atoms with Gasteiger partial charge in [-0.15, -0.1) is 11.3 Å². The summed E-state index contributed by atoms with van der Waals surface area (Å²) in [6.45, 7) is 7.30. The molecule has 9 nitrogen and oxygen atoms in total. The predicted molar refractivity (Wildman–Crippen MR) is 143 cm³/mol. The van der Waals surface area contributed by atoms with E-state index in [9.17, 15) is 23.9 Å². The van der Waals surface area contributed by atoms with E-state index in [1.165, 1.54) is 4.90 Å². The summed E-state index contributed by atoms with van der Waals surface area (Å²) >= 11 is 1.55. The predicted octanol–water partition coefficient (Wildman–Crippen LogP) is 2.23. The van der Waals surface area contributed by atoms with E-state index in [0.29, 0.717) is 0 Å². The van der Waals surface area contributed by atoms with Crippen molar-refractivity contribution in [2.24, 2.45) is 11.1 Å². The number of amides is 3. The summed E-state index contributed by atoms with van der Waals surface area (Å²) in [5.41, 5.74) is 7.88. The summed E-state index contributed by atoms with van der Waals surface area (Å²) in [6, 6.07) is 5.18. The highest BCUT2D eigenvalue weighted by molar-refractivity contribution is 7.13. The molecule has 1 saturated heterocycles. The standard InChI is InChI=1S/C27H36FN5O4S/c1-15-21(38-14-30-15)17-7-5-16(6-8-17)19(12-29)31-23(35)20-11-18(34)13-33(20)24(36)22(26(2,3)4)32-25(37)27(28)9-10-27/h5-8,14,18-20,22,34H,9-13,29H2,1-4H3,(H,31,35)(H,32,37)/t18-,19+,20+,22+/m1/s1. The molecule has 4 atom stereocenters. The van der Waals surface area contributed by atoms with Crippen LogP contribution in [-0.2, 0) is 14.4 Å². The van der Waals surface area contributed by atoms with Gasteiger partial charge in [0, 0.05) is 19.5 Å². The maximum Gasteiger partial charge on any atom is 0.258 e. The normalized spacial score (nSPS) is 22.0. The van der Waals surface area contributed by atoms with Crippen molar-refractivity contribution in [2.75, 3.05) is 13.1 Å². The number of nitrogens with zero attached hydrogens (tertiary/aromatic N) is 2. The fraction of sp³-hybridized carbons (Fsp3) is 0.556. The Balaban J connectivity index is 1.48. The maximum atomic E-state index is 14.4. The molecular formula is C27H36FN5O4S. The number of aliphatic hydroxyl groups excluding tert-OH is 1. The van der Waals surface area contributed by atoms with Crippen molar-refractivity contribution < 1.29 is 23.9 Å². The van der Waals surface area contributed by atoms with Crippen molar-refractivity contribution in [3.63, 3.8) is 0 Å². The molecular weight excluding hydrogens is 509 g/mol. The van der Waals surface area contributed by atoms with E-state index in [0.717, 1.165) is 21.7 Å². The van der Waals surface area contributed by atoms with Crippen molar-refractivity contribution >= 4 is 29.1 Å². The molecule has 2 aromatic rings. The molecule has 11 heteroatoms. The first-order valence-corrected chi connectivity index (χ1v) is 13.7. The number of aromatic nitrogens is 1. The largest absolute Gasteiger partial charge is 0.391 e. The lowest BCUT2D eigenvalue weighted by molar-refractivity contribution is -0.145.